The third-order valence-electron chi connectivity index (χ3n) is 2.40. The zero-order valence-electron chi connectivity index (χ0n) is 9.18. The maximum absolute atomic E-state index is 13.5. The summed E-state index contributed by atoms with van der Waals surface area (Å²) >= 11 is 3.13. The van der Waals surface area contributed by atoms with E-state index in [1.807, 2.05) is 0 Å². The first kappa shape index (κ1) is 14.5. The Morgan fingerprint density at radius 3 is 2.53 bits per heavy atom. The second kappa shape index (κ2) is 4.96. The van der Waals surface area contributed by atoms with Crippen molar-refractivity contribution in [2.24, 2.45) is 5.73 Å². The van der Waals surface area contributed by atoms with Crippen LogP contribution in [0.25, 0.3) is 0 Å². The molecule has 0 heterocycles. The number of rotatable bonds is 4. The largest absolute Gasteiger partial charge is 0.390 e. The van der Waals surface area contributed by atoms with Crippen LogP contribution < -0.4 is 5.73 Å². The van der Waals surface area contributed by atoms with Crippen LogP contribution in [-0.4, -0.2) is 17.6 Å². The molecule has 0 aromatic heterocycles. The van der Waals surface area contributed by atoms with Crippen molar-refractivity contribution in [3.05, 3.63) is 34.1 Å². The molecular weight excluding hydrogens is 299 g/mol. The Hall–Kier alpha value is -0.590. The maximum Gasteiger partial charge on any atom is 0.272 e. The molecular formula is C11H13BrF3NO. The molecule has 3 N–H and O–H groups in total. The van der Waals surface area contributed by atoms with Crippen molar-refractivity contribution in [3.63, 3.8) is 0 Å². The van der Waals surface area contributed by atoms with Crippen LogP contribution in [0.5, 0.6) is 0 Å². The van der Waals surface area contributed by atoms with E-state index >= 15 is 0 Å². The quantitative estimate of drug-likeness (QED) is 0.898. The molecule has 1 rings (SSSR count). The van der Waals surface area contributed by atoms with E-state index in [-0.39, 0.29) is 5.56 Å². The SMILES string of the molecule is CC(N)(CC(F)(F)CO)c1cc(Br)ccc1F. The number of hydrogen-bond donors (Lipinski definition) is 2. The monoisotopic (exact) mass is 311 g/mol. The lowest BCUT2D eigenvalue weighted by molar-refractivity contribution is -0.0708. The van der Waals surface area contributed by atoms with Gasteiger partial charge in [0, 0.05) is 22.0 Å². The number of benzene rings is 1. The summed E-state index contributed by atoms with van der Waals surface area (Å²) in [6.07, 6.45) is -0.829. The normalized spacial score (nSPS) is 15.7. The van der Waals surface area contributed by atoms with Gasteiger partial charge in [-0.15, -0.1) is 0 Å². The van der Waals surface area contributed by atoms with E-state index in [9.17, 15) is 13.2 Å². The van der Waals surface area contributed by atoms with Crippen molar-refractivity contribution in [3.8, 4) is 0 Å². The molecule has 96 valence electrons. The van der Waals surface area contributed by atoms with E-state index in [0.29, 0.717) is 4.47 Å². The average Bonchev–Trinajstić information content (AvgIpc) is 2.20. The Balaban J connectivity index is 3.08. The minimum atomic E-state index is -3.34. The number of aliphatic hydroxyl groups is 1. The summed E-state index contributed by atoms with van der Waals surface area (Å²) < 4.78 is 40.3. The standard InChI is InChI=1S/C11H13BrF3NO/c1-10(16,5-11(14,15)6-17)8-4-7(12)2-3-9(8)13/h2-4,17H,5-6,16H2,1H3. The molecule has 0 aliphatic heterocycles. The summed E-state index contributed by atoms with van der Waals surface area (Å²) in [5.74, 6) is -3.98. The van der Waals surface area contributed by atoms with Gasteiger partial charge in [0.1, 0.15) is 12.4 Å². The van der Waals surface area contributed by atoms with Crippen LogP contribution >= 0.6 is 15.9 Å². The summed E-state index contributed by atoms with van der Waals surface area (Å²) in [5, 5.41) is 8.52. The Kier molecular flexibility index (Phi) is 4.22. The summed E-state index contributed by atoms with van der Waals surface area (Å²) in [5.41, 5.74) is 4.15. The second-order valence-electron chi connectivity index (χ2n) is 4.23. The Morgan fingerprint density at radius 2 is 2.00 bits per heavy atom. The van der Waals surface area contributed by atoms with Crippen molar-refractivity contribution >= 4 is 15.9 Å². The molecule has 2 nitrogen and oxygen atoms in total. The smallest absolute Gasteiger partial charge is 0.272 e. The predicted octanol–water partition coefficient (Wildman–Crippen LogP) is 2.78. The molecule has 0 aliphatic carbocycles. The molecule has 0 saturated carbocycles. The highest BCUT2D eigenvalue weighted by Crippen LogP contribution is 2.33. The van der Waals surface area contributed by atoms with E-state index in [4.69, 9.17) is 10.8 Å². The number of halogens is 4. The number of alkyl halides is 2. The van der Waals surface area contributed by atoms with E-state index in [0.717, 1.165) is 6.07 Å². The van der Waals surface area contributed by atoms with E-state index in [1.54, 1.807) is 0 Å². The van der Waals surface area contributed by atoms with Crippen LogP contribution in [0.3, 0.4) is 0 Å². The van der Waals surface area contributed by atoms with Crippen LogP contribution in [0, 0.1) is 5.82 Å². The number of nitrogens with two attached hydrogens (primary N) is 1. The lowest BCUT2D eigenvalue weighted by Gasteiger charge is -2.29. The van der Waals surface area contributed by atoms with Crippen molar-refractivity contribution in [2.75, 3.05) is 6.61 Å². The minimum Gasteiger partial charge on any atom is -0.390 e. The molecule has 1 atom stereocenters. The van der Waals surface area contributed by atoms with Crippen molar-refractivity contribution in [1.29, 1.82) is 0 Å². The zero-order valence-corrected chi connectivity index (χ0v) is 10.8. The van der Waals surface area contributed by atoms with Gasteiger partial charge in [-0.1, -0.05) is 15.9 Å². The van der Waals surface area contributed by atoms with Crippen LogP contribution in [0.1, 0.15) is 18.9 Å². The first-order valence-electron chi connectivity index (χ1n) is 4.91. The third-order valence-corrected chi connectivity index (χ3v) is 2.89. The van der Waals surface area contributed by atoms with Gasteiger partial charge in [0.25, 0.3) is 5.92 Å². The summed E-state index contributed by atoms with van der Waals surface area (Å²) in [4.78, 5) is 0. The molecule has 1 aromatic rings. The average molecular weight is 312 g/mol. The molecule has 0 spiro atoms. The lowest BCUT2D eigenvalue weighted by Crippen LogP contribution is -2.41. The molecule has 0 fully saturated rings. The number of aliphatic hydroxyl groups excluding tert-OH is 1. The minimum absolute atomic E-state index is 0.0139. The summed E-state index contributed by atoms with van der Waals surface area (Å²) in [6, 6.07) is 3.98. The van der Waals surface area contributed by atoms with Crippen LogP contribution in [-0.2, 0) is 5.54 Å². The topological polar surface area (TPSA) is 46.2 Å². The Morgan fingerprint density at radius 1 is 1.41 bits per heavy atom. The van der Waals surface area contributed by atoms with Gasteiger partial charge in [-0.3, -0.25) is 0 Å². The van der Waals surface area contributed by atoms with Crippen LogP contribution in [0.2, 0.25) is 0 Å². The highest BCUT2D eigenvalue weighted by molar-refractivity contribution is 9.10. The summed E-state index contributed by atoms with van der Waals surface area (Å²) in [7, 11) is 0. The van der Waals surface area contributed by atoms with E-state index in [1.165, 1.54) is 19.1 Å². The van der Waals surface area contributed by atoms with Gasteiger partial charge >= 0.3 is 0 Å². The molecule has 0 bridgehead atoms. The highest BCUT2D eigenvalue weighted by Gasteiger charge is 2.38. The number of hydrogen-bond acceptors (Lipinski definition) is 2. The first-order chi connectivity index (χ1) is 7.68. The van der Waals surface area contributed by atoms with Gasteiger partial charge in [-0.2, -0.15) is 0 Å². The van der Waals surface area contributed by atoms with Gasteiger partial charge < -0.3 is 10.8 Å². The van der Waals surface area contributed by atoms with Crippen molar-refractivity contribution < 1.29 is 18.3 Å². The molecule has 1 aromatic carbocycles. The third kappa shape index (κ3) is 3.69. The van der Waals surface area contributed by atoms with E-state index < -0.39 is 30.3 Å². The molecule has 0 radical (unpaired) electrons. The molecule has 6 heteroatoms. The van der Waals surface area contributed by atoms with Gasteiger partial charge in [0.05, 0.1) is 0 Å². The summed E-state index contributed by atoms with van der Waals surface area (Å²) in [6.45, 7) is -0.00314. The second-order valence-corrected chi connectivity index (χ2v) is 5.15. The highest BCUT2D eigenvalue weighted by atomic mass is 79.9. The predicted molar refractivity (Wildman–Crippen MR) is 62.3 cm³/mol. The fourth-order valence-electron chi connectivity index (χ4n) is 1.62. The van der Waals surface area contributed by atoms with Crippen LogP contribution in [0.15, 0.2) is 22.7 Å². The molecule has 17 heavy (non-hydrogen) atoms. The maximum atomic E-state index is 13.5. The van der Waals surface area contributed by atoms with E-state index in [2.05, 4.69) is 15.9 Å². The molecule has 1 unspecified atom stereocenters. The van der Waals surface area contributed by atoms with Gasteiger partial charge in [0.2, 0.25) is 0 Å². The van der Waals surface area contributed by atoms with Gasteiger partial charge in [-0.25, -0.2) is 13.2 Å². The fraction of sp³-hybridized carbons (Fsp3) is 0.455. The zero-order chi connectivity index (χ0) is 13.3. The Labute approximate surface area is 106 Å². The Bertz CT molecular complexity index is 410. The van der Waals surface area contributed by atoms with Gasteiger partial charge in [0.15, 0.2) is 0 Å². The van der Waals surface area contributed by atoms with Crippen molar-refractivity contribution in [2.45, 2.75) is 24.8 Å². The molecule has 0 amide bonds. The molecule has 0 aliphatic rings. The molecule has 0 saturated heterocycles. The lowest BCUT2D eigenvalue weighted by atomic mass is 9.87. The van der Waals surface area contributed by atoms with Gasteiger partial charge in [-0.05, 0) is 25.1 Å². The fourth-order valence-corrected chi connectivity index (χ4v) is 1.98. The van der Waals surface area contributed by atoms with Crippen LogP contribution in [0.4, 0.5) is 13.2 Å². The first-order valence-corrected chi connectivity index (χ1v) is 5.70. The van der Waals surface area contributed by atoms with Crippen molar-refractivity contribution in [1.82, 2.24) is 0 Å².